The van der Waals surface area contributed by atoms with E-state index in [1.165, 1.54) is 5.56 Å². The smallest absolute Gasteiger partial charge is 0.256 e. The molecule has 4 aromatic rings. The van der Waals surface area contributed by atoms with Gasteiger partial charge in [0.2, 0.25) is 0 Å². The highest BCUT2D eigenvalue weighted by molar-refractivity contribution is 6.12. The lowest BCUT2D eigenvalue weighted by molar-refractivity contribution is 0.550. The van der Waals surface area contributed by atoms with E-state index in [1.54, 1.807) is 0 Å². The van der Waals surface area contributed by atoms with Crippen LogP contribution >= 0.6 is 0 Å². The van der Waals surface area contributed by atoms with Gasteiger partial charge in [0.25, 0.3) is 5.56 Å². The van der Waals surface area contributed by atoms with E-state index in [-0.39, 0.29) is 5.56 Å². The van der Waals surface area contributed by atoms with Crippen LogP contribution in [0.1, 0.15) is 5.56 Å². The maximum atomic E-state index is 12.3. The van der Waals surface area contributed by atoms with Gasteiger partial charge < -0.3 is 9.40 Å². The third-order valence-corrected chi connectivity index (χ3v) is 4.39. The zero-order valence-corrected chi connectivity index (χ0v) is 11.9. The van der Waals surface area contributed by atoms with Crippen LogP contribution in [0.15, 0.2) is 51.7 Å². The van der Waals surface area contributed by atoms with Crippen LogP contribution in [0.2, 0.25) is 0 Å². The zero-order valence-electron chi connectivity index (χ0n) is 11.9. The molecule has 0 bridgehead atoms. The molecule has 4 nitrogen and oxygen atoms in total. The molecule has 0 unspecified atom stereocenters. The van der Waals surface area contributed by atoms with Crippen molar-refractivity contribution in [2.45, 2.75) is 6.54 Å². The molecule has 108 valence electrons. The molecule has 0 spiro atoms. The lowest BCUT2D eigenvalue weighted by atomic mass is 10.1. The molecule has 22 heavy (non-hydrogen) atoms. The Bertz CT molecular complexity index is 1090. The number of furan rings is 1. The van der Waals surface area contributed by atoms with Crippen molar-refractivity contribution in [3.8, 4) is 0 Å². The summed E-state index contributed by atoms with van der Waals surface area (Å²) < 4.78 is 6.18. The number of fused-ring (bicyclic) bond motifs is 5. The van der Waals surface area contributed by atoms with Crippen molar-refractivity contribution in [1.29, 1.82) is 0 Å². The Morgan fingerprint density at radius 2 is 1.73 bits per heavy atom. The second-order valence-corrected chi connectivity index (χ2v) is 5.88. The fourth-order valence-electron chi connectivity index (χ4n) is 3.15. The average molecular weight is 290 g/mol. The number of hydrogen-bond acceptors (Lipinski definition) is 3. The van der Waals surface area contributed by atoms with Gasteiger partial charge in [0.05, 0.1) is 10.9 Å². The second kappa shape index (κ2) is 4.21. The van der Waals surface area contributed by atoms with Gasteiger partial charge in [0, 0.05) is 36.0 Å². The predicted molar refractivity (Wildman–Crippen MR) is 87.1 cm³/mol. The summed E-state index contributed by atoms with van der Waals surface area (Å²) in [6.07, 6.45) is 0. The summed E-state index contributed by atoms with van der Waals surface area (Å²) in [5.41, 5.74) is 3.56. The Kier molecular flexibility index (Phi) is 2.30. The predicted octanol–water partition coefficient (Wildman–Crippen LogP) is 3.24. The van der Waals surface area contributed by atoms with Gasteiger partial charge in [-0.05, 0) is 12.1 Å². The summed E-state index contributed by atoms with van der Waals surface area (Å²) in [7, 11) is 0. The highest BCUT2D eigenvalue weighted by Gasteiger charge is 2.21. The van der Waals surface area contributed by atoms with E-state index in [9.17, 15) is 4.79 Å². The number of nitrogens with zero attached hydrogens (tertiary/aromatic N) is 1. The SMILES string of the molecule is O=c1[nH]c2c3cccc(CN4CC4)c3oc2c2ccccc12. The molecule has 1 aliphatic rings. The number of hydrogen-bond donors (Lipinski definition) is 1. The molecule has 1 saturated heterocycles. The fraction of sp³-hybridized carbons (Fsp3) is 0.167. The van der Waals surface area contributed by atoms with Gasteiger partial charge in [-0.1, -0.05) is 30.3 Å². The number of rotatable bonds is 2. The summed E-state index contributed by atoms with van der Waals surface area (Å²) in [5, 5.41) is 2.52. The summed E-state index contributed by atoms with van der Waals surface area (Å²) >= 11 is 0. The quantitative estimate of drug-likeness (QED) is 0.577. The molecule has 2 aromatic heterocycles. The van der Waals surface area contributed by atoms with Crippen molar-refractivity contribution in [1.82, 2.24) is 9.88 Å². The molecular formula is C18H14N2O2. The van der Waals surface area contributed by atoms with Gasteiger partial charge in [-0.3, -0.25) is 9.69 Å². The Labute approximate surface area is 126 Å². The third kappa shape index (κ3) is 1.64. The van der Waals surface area contributed by atoms with Crippen molar-refractivity contribution in [2.24, 2.45) is 0 Å². The number of nitrogens with one attached hydrogen (secondary N) is 1. The topological polar surface area (TPSA) is 49.0 Å². The van der Waals surface area contributed by atoms with Crippen LogP contribution in [0.4, 0.5) is 0 Å². The number of aromatic nitrogens is 1. The molecule has 0 radical (unpaired) electrons. The van der Waals surface area contributed by atoms with Gasteiger partial charge in [-0.25, -0.2) is 0 Å². The van der Waals surface area contributed by atoms with Crippen molar-refractivity contribution >= 4 is 32.8 Å². The number of aromatic amines is 1. The van der Waals surface area contributed by atoms with E-state index in [0.717, 1.165) is 47.1 Å². The monoisotopic (exact) mass is 290 g/mol. The molecule has 1 N–H and O–H groups in total. The van der Waals surface area contributed by atoms with Crippen LogP contribution in [0.25, 0.3) is 32.8 Å². The Morgan fingerprint density at radius 1 is 0.955 bits per heavy atom. The fourth-order valence-corrected chi connectivity index (χ4v) is 3.15. The van der Waals surface area contributed by atoms with E-state index in [0.29, 0.717) is 5.39 Å². The van der Waals surface area contributed by atoms with Crippen molar-refractivity contribution < 1.29 is 4.42 Å². The lowest BCUT2D eigenvalue weighted by Gasteiger charge is -2.01. The number of benzene rings is 2. The standard InChI is InChI=1S/C18H14N2O2/c21-18-13-6-2-1-5-12(13)17-15(19-18)14-7-3-4-11(16(14)22-17)10-20-8-9-20/h1-7H,8-10H2,(H,19,21). The first-order chi connectivity index (χ1) is 10.8. The first-order valence-electron chi connectivity index (χ1n) is 7.49. The minimum Gasteiger partial charge on any atom is -0.453 e. The van der Waals surface area contributed by atoms with E-state index >= 15 is 0 Å². The van der Waals surface area contributed by atoms with Gasteiger partial charge in [0.15, 0.2) is 5.58 Å². The Balaban J connectivity index is 1.93. The van der Waals surface area contributed by atoms with Gasteiger partial charge in [-0.15, -0.1) is 0 Å². The van der Waals surface area contributed by atoms with Gasteiger partial charge in [-0.2, -0.15) is 0 Å². The van der Waals surface area contributed by atoms with Crippen molar-refractivity contribution in [3.63, 3.8) is 0 Å². The summed E-state index contributed by atoms with van der Waals surface area (Å²) in [4.78, 5) is 17.6. The lowest BCUT2D eigenvalue weighted by Crippen LogP contribution is -2.05. The van der Waals surface area contributed by atoms with Crippen LogP contribution in [0, 0.1) is 0 Å². The Hall–Kier alpha value is -2.59. The molecule has 5 rings (SSSR count). The maximum absolute atomic E-state index is 12.3. The molecule has 3 heterocycles. The average Bonchev–Trinajstić information content (AvgIpc) is 3.28. The summed E-state index contributed by atoms with van der Waals surface area (Å²) in [6.45, 7) is 3.20. The zero-order chi connectivity index (χ0) is 14.7. The molecule has 0 saturated carbocycles. The van der Waals surface area contributed by atoms with Crippen LogP contribution in [0.5, 0.6) is 0 Å². The second-order valence-electron chi connectivity index (χ2n) is 5.88. The van der Waals surface area contributed by atoms with E-state index in [2.05, 4.69) is 16.0 Å². The largest absolute Gasteiger partial charge is 0.453 e. The maximum Gasteiger partial charge on any atom is 0.256 e. The summed E-state index contributed by atoms with van der Waals surface area (Å²) in [6, 6.07) is 13.7. The van der Waals surface area contributed by atoms with Crippen LogP contribution < -0.4 is 5.56 Å². The summed E-state index contributed by atoms with van der Waals surface area (Å²) in [5.74, 6) is 0. The molecule has 2 aromatic carbocycles. The molecule has 0 aliphatic carbocycles. The molecule has 1 aliphatic heterocycles. The van der Waals surface area contributed by atoms with E-state index in [1.807, 2.05) is 36.4 Å². The molecular weight excluding hydrogens is 276 g/mol. The van der Waals surface area contributed by atoms with Crippen LogP contribution in [0.3, 0.4) is 0 Å². The molecule has 0 atom stereocenters. The first-order valence-corrected chi connectivity index (χ1v) is 7.49. The molecule has 4 heteroatoms. The third-order valence-electron chi connectivity index (χ3n) is 4.39. The minimum atomic E-state index is -0.0675. The molecule has 1 fully saturated rings. The highest BCUT2D eigenvalue weighted by Crippen LogP contribution is 2.33. The van der Waals surface area contributed by atoms with Crippen molar-refractivity contribution in [3.05, 3.63) is 58.4 Å². The van der Waals surface area contributed by atoms with Gasteiger partial charge in [0.1, 0.15) is 5.58 Å². The minimum absolute atomic E-state index is 0.0675. The first kappa shape index (κ1) is 12.0. The normalized spacial score (nSPS) is 15.1. The molecule has 0 amide bonds. The number of pyridine rings is 1. The van der Waals surface area contributed by atoms with Crippen LogP contribution in [-0.2, 0) is 6.54 Å². The highest BCUT2D eigenvalue weighted by atomic mass is 16.3. The number of H-pyrrole nitrogens is 1. The number of para-hydroxylation sites is 1. The van der Waals surface area contributed by atoms with Crippen molar-refractivity contribution in [2.75, 3.05) is 13.1 Å². The van der Waals surface area contributed by atoms with E-state index < -0.39 is 0 Å². The van der Waals surface area contributed by atoms with Crippen LogP contribution in [-0.4, -0.2) is 23.0 Å². The van der Waals surface area contributed by atoms with E-state index in [4.69, 9.17) is 4.42 Å². The Morgan fingerprint density at radius 3 is 2.55 bits per heavy atom. The van der Waals surface area contributed by atoms with Gasteiger partial charge >= 0.3 is 0 Å².